The first-order chi connectivity index (χ1) is 12.3. The summed E-state index contributed by atoms with van der Waals surface area (Å²) in [5.41, 5.74) is 0.0709. The van der Waals surface area contributed by atoms with Gasteiger partial charge in [-0.1, -0.05) is 30.9 Å². The van der Waals surface area contributed by atoms with Crippen molar-refractivity contribution < 1.29 is 18.0 Å². The van der Waals surface area contributed by atoms with Crippen molar-refractivity contribution in [1.29, 1.82) is 0 Å². The number of rotatable bonds is 7. The molecule has 0 heterocycles. The van der Waals surface area contributed by atoms with Crippen LogP contribution < -0.4 is 15.4 Å². The lowest BCUT2D eigenvalue weighted by Crippen LogP contribution is -2.38. The zero-order valence-corrected chi connectivity index (χ0v) is 16.3. The Bertz CT molecular complexity index is 761. The molecule has 1 aromatic rings. The molecule has 0 aromatic heterocycles. The fraction of sp³-hybridized carbons (Fsp3) is 0.529. The first kappa shape index (κ1) is 20.7. The second-order valence-electron chi connectivity index (χ2n) is 6.23. The molecular weight excluding hydrogens is 378 g/mol. The largest absolute Gasteiger partial charge is 0.354 e. The van der Waals surface area contributed by atoms with Crippen molar-refractivity contribution in [2.45, 2.75) is 37.0 Å². The first-order valence-electron chi connectivity index (χ1n) is 8.64. The van der Waals surface area contributed by atoms with E-state index in [1.807, 2.05) is 0 Å². The summed E-state index contributed by atoms with van der Waals surface area (Å²) in [5.74, 6) is -0.397. The molecule has 144 valence electrons. The zero-order valence-electron chi connectivity index (χ0n) is 14.7. The third-order valence-electron chi connectivity index (χ3n) is 4.45. The summed E-state index contributed by atoms with van der Waals surface area (Å²) in [4.78, 5) is 24.3. The molecule has 1 fully saturated rings. The van der Waals surface area contributed by atoms with Crippen molar-refractivity contribution in [2.24, 2.45) is 5.92 Å². The van der Waals surface area contributed by atoms with Crippen molar-refractivity contribution in [2.75, 3.05) is 20.1 Å². The van der Waals surface area contributed by atoms with Gasteiger partial charge >= 0.3 is 0 Å². The molecule has 0 bridgehead atoms. The highest BCUT2D eigenvalue weighted by Gasteiger charge is 2.21. The van der Waals surface area contributed by atoms with E-state index < -0.39 is 15.9 Å². The predicted molar refractivity (Wildman–Crippen MR) is 99.6 cm³/mol. The number of amides is 2. The molecule has 0 spiro atoms. The van der Waals surface area contributed by atoms with Gasteiger partial charge < -0.3 is 10.6 Å². The molecule has 1 aromatic carbocycles. The van der Waals surface area contributed by atoms with E-state index in [9.17, 15) is 18.0 Å². The molecule has 2 amide bonds. The van der Waals surface area contributed by atoms with Crippen LogP contribution in [-0.4, -0.2) is 40.4 Å². The number of benzene rings is 1. The van der Waals surface area contributed by atoms with Crippen molar-refractivity contribution in [3.05, 3.63) is 28.8 Å². The summed E-state index contributed by atoms with van der Waals surface area (Å²) >= 11 is 6.00. The van der Waals surface area contributed by atoms with E-state index in [-0.39, 0.29) is 33.9 Å². The molecule has 3 N–H and O–H groups in total. The molecule has 1 aliphatic carbocycles. The Morgan fingerprint density at radius 1 is 1.12 bits per heavy atom. The van der Waals surface area contributed by atoms with E-state index in [1.165, 1.54) is 31.7 Å². The van der Waals surface area contributed by atoms with Crippen molar-refractivity contribution in [1.82, 2.24) is 15.4 Å². The maximum atomic E-state index is 12.3. The van der Waals surface area contributed by atoms with Crippen LogP contribution in [-0.2, 0) is 14.8 Å². The van der Waals surface area contributed by atoms with Crippen molar-refractivity contribution >= 4 is 33.4 Å². The quantitative estimate of drug-likeness (QED) is 0.604. The molecule has 0 aliphatic heterocycles. The summed E-state index contributed by atoms with van der Waals surface area (Å²) in [6, 6.07) is 3.92. The Labute approximate surface area is 158 Å². The van der Waals surface area contributed by atoms with Gasteiger partial charge in [0.15, 0.2) is 0 Å². The molecule has 0 atom stereocenters. The Hall–Kier alpha value is -1.64. The van der Waals surface area contributed by atoms with Gasteiger partial charge in [0, 0.05) is 19.0 Å². The lowest BCUT2D eigenvalue weighted by molar-refractivity contribution is -0.125. The van der Waals surface area contributed by atoms with Crippen LogP contribution in [0.1, 0.15) is 42.5 Å². The number of sulfonamides is 1. The molecular formula is C17H24ClN3O4S. The monoisotopic (exact) mass is 401 g/mol. The van der Waals surface area contributed by atoms with Crippen LogP contribution in [0.4, 0.5) is 0 Å². The van der Waals surface area contributed by atoms with E-state index in [1.54, 1.807) is 0 Å². The highest BCUT2D eigenvalue weighted by Crippen LogP contribution is 2.23. The van der Waals surface area contributed by atoms with Crippen LogP contribution in [0.5, 0.6) is 0 Å². The molecule has 1 saturated carbocycles. The van der Waals surface area contributed by atoms with E-state index in [0.29, 0.717) is 6.54 Å². The summed E-state index contributed by atoms with van der Waals surface area (Å²) in [6.07, 6.45) is 5.18. The lowest BCUT2D eigenvalue weighted by atomic mass is 9.89. The fourth-order valence-electron chi connectivity index (χ4n) is 2.93. The van der Waals surface area contributed by atoms with Gasteiger partial charge in [-0.3, -0.25) is 9.59 Å². The average Bonchev–Trinajstić information content (AvgIpc) is 2.65. The SMILES string of the molecule is CNS(=O)(=O)c1ccc(Cl)c(C(=O)NCCNC(=O)C2CCCCC2)c1. The minimum atomic E-state index is -3.67. The summed E-state index contributed by atoms with van der Waals surface area (Å²) in [7, 11) is -2.38. The van der Waals surface area contributed by atoms with Gasteiger partial charge in [0.25, 0.3) is 5.91 Å². The highest BCUT2D eigenvalue weighted by atomic mass is 35.5. The third kappa shape index (κ3) is 5.43. The number of hydrogen-bond acceptors (Lipinski definition) is 4. The second kappa shape index (κ2) is 9.34. The highest BCUT2D eigenvalue weighted by molar-refractivity contribution is 7.89. The molecule has 0 saturated heterocycles. The van der Waals surface area contributed by atoms with Crippen LogP contribution >= 0.6 is 11.6 Å². The van der Waals surface area contributed by atoms with Gasteiger partial charge in [-0.15, -0.1) is 0 Å². The van der Waals surface area contributed by atoms with Gasteiger partial charge in [-0.05, 0) is 38.1 Å². The first-order valence-corrected chi connectivity index (χ1v) is 10.5. The minimum absolute atomic E-state index is 0.0269. The number of hydrogen-bond donors (Lipinski definition) is 3. The molecule has 0 unspecified atom stereocenters. The number of carbonyl (C=O) groups is 2. The minimum Gasteiger partial charge on any atom is -0.354 e. The average molecular weight is 402 g/mol. The number of halogens is 1. The Morgan fingerprint density at radius 2 is 1.77 bits per heavy atom. The van der Waals surface area contributed by atoms with E-state index in [4.69, 9.17) is 11.6 Å². The van der Waals surface area contributed by atoms with E-state index in [0.717, 1.165) is 25.7 Å². The Morgan fingerprint density at radius 3 is 2.42 bits per heavy atom. The maximum Gasteiger partial charge on any atom is 0.252 e. The standard InChI is InChI=1S/C17H24ClN3O4S/c1-19-26(24,25)13-7-8-15(18)14(11-13)17(23)21-10-9-20-16(22)12-5-3-2-4-6-12/h7-8,11-12,19H,2-6,9-10H2,1H3,(H,20,22)(H,21,23). The van der Waals surface area contributed by atoms with Crippen LogP contribution in [0.2, 0.25) is 5.02 Å². The van der Waals surface area contributed by atoms with Crippen LogP contribution in [0, 0.1) is 5.92 Å². The number of carbonyl (C=O) groups excluding carboxylic acids is 2. The summed E-state index contributed by atoms with van der Waals surface area (Å²) in [5, 5.41) is 5.62. The Kier molecular flexibility index (Phi) is 7.43. The molecule has 2 rings (SSSR count). The van der Waals surface area contributed by atoms with Gasteiger partial charge in [0.05, 0.1) is 15.5 Å². The number of nitrogens with one attached hydrogen (secondary N) is 3. The topological polar surface area (TPSA) is 104 Å². The molecule has 1 aliphatic rings. The van der Waals surface area contributed by atoms with E-state index in [2.05, 4.69) is 15.4 Å². The van der Waals surface area contributed by atoms with Crippen LogP contribution in [0.3, 0.4) is 0 Å². The maximum absolute atomic E-state index is 12.3. The zero-order chi connectivity index (χ0) is 19.2. The van der Waals surface area contributed by atoms with E-state index >= 15 is 0 Å². The third-order valence-corrected chi connectivity index (χ3v) is 6.19. The summed E-state index contributed by atoms with van der Waals surface area (Å²) in [6.45, 7) is 0.545. The van der Waals surface area contributed by atoms with Gasteiger partial charge in [-0.25, -0.2) is 13.1 Å². The lowest BCUT2D eigenvalue weighted by Gasteiger charge is -2.20. The van der Waals surface area contributed by atoms with Gasteiger partial charge in [0.1, 0.15) is 0 Å². The summed E-state index contributed by atoms with van der Waals surface area (Å²) < 4.78 is 25.9. The molecule has 7 nitrogen and oxygen atoms in total. The van der Waals surface area contributed by atoms with Crippen molar-refractivity contribution in [3.63, 3.8) is 0 Å². The normalized spacial score (nSPS) is 15.5. The van der Waals surface area contributed by atoms with Crippen LogP contribution in [0.15, 0.2) is 23.1 Å². The van der Waals surface area contributed by atoms with Gasteiger partial charge in [-0.2, -0.15) is 0 Å². The predicted octanol–water partition coefficient (Wildman–Crippen LogP) is 1.67. The Balaban J connectivity index is 1.87. The second-order valence-corrected chi connectivity index (χ2v) is 8.52. The van der Waals surface area contributed by atoms with Crippen molar-refractivity contribution in [3.8, 4) is 0 Å². The molecule has 9 heteroatoms. The van der Waals surface area contributed by atoms with Gasteiger partial charge in [0.2, 0.25) is 15.9 Å². The molecule has 26 heavy (non-hydrogen) atoms. The fourth-order valence-corrected chi connectivity index (χ4v) is 3.89. The van der Waals surface area contributed by atoms with Crippen LogP contribution in [0.25, 0.3) is 0 Å². The molecule has 0 radical (unpaired) electrons. The smallest absolute Gasteiger partial charge is 0.252 e.